The summed E-state index contributed by atoms with van der Waals surface area (Å²) in [5.41, 5.74) is 2.51. The molecule has 1 aromatic heterocycles. The fraction of sp³-hybridized carbons (Fsp3) is 0.143. The van der Waals surface area contributed by atoms with Gasteiger partial charge in [0.25, 0.3) is 0 Å². The topological polar surface area (TPSA) is 48.5 Å². The van der Waals surface area contributed by atoms with Gasteiger partial charge in [-0.15, -0.1) is 0 Å². The summed E-state index contributed by atoms with van der Waals surface area (Å²) in [6.07, 6.45) is 1.73. The first-order chi connectivity index (χ1) is 13.2. The molecule has 6 heteroatoms. The first kappa shape index (κ1) is 17.0. The van der Waals surface area contributed by atoms with Gasteiger partial charge in [0.1, 0.15) is 5.82 Å². The van der Waals surface area contributed by atoms with Crippen molar-refractivity contribution in [1.29, 1.82) is 0 Å². The third kappa shape index (κ3) is 3.74. The van der Waals surface area contributed by atoms with Crippen molar-refractivity contribution in [3.8, 4) is 0 Å². The Bertz CT molecular complexity index is 930. The lowest BCUT2D eigenvalue weighted by Crippen LogP contribution is -2.46. The fourth-order valence-electron chi connectivity index (χ4n) is 3.18. The molecule has 0 atom stereocenters. The van der Waals surface area contributed by atoms with Crippen LogP contribution in [0.15, 0.2) is 72.9 Å². The molecular weight excluding hydrogens is 343 g/mol. The second-order valence-electron chi connectivity index (χ2n) is 6.34. The van der Waals surface area contributed by atoms with E-state index in [9.17, 15) is 9.18 Å². The average molecular weight is 362 g/mol. The van der Waals surface area contributed by atoms with E-state index in [4.69, 9.17) is 0 Å². The number of fused-ring (bicyclic) bond motifs is 1. The Morgan fingerprint density at radius 3 is 2.56 bits per heavy atom. The Morgan fingerprint density at radius 1 is 1.00 bits per heavy atom. The quantitative estimate of drug-likeness (QED) is 0.757. The van der Waals surface area contributed by atoms with Gasteiger partial charge >= 0.3 is 6.03 Å². The molecule has 2 amide bonds. The first-order valence-corrected chi connectivity index (χ1v) is 8.79. The lowest BCUT2D eigenvalue weighted by Gasteiger charge is -2.36. The van der Waals surface area contributed by atoms with Gasteiger partial charge in [0.05, 0.1) is 5.69 Å². The molecule has 0 spiro atoms. The Kier molecular flexibility index (Phi) is 4.70. The van der Waals surface area contributed by atoms with Crippen molar-refractivity contribution in [2.24, 2.45) is 0 Å². The van der Waals surface area contributed by atoms with Crippen molar-refractivity contribution in [3.63, 3.8) is 0 Å². The van der Waals surface area contributed by atoms with Crippen LogP contribution < -0.4 is 15.1 Å². The van der Waals surface area contributed by atoms with Crippen LogP contribution in [0, 0.1) is 5.82 Å². The minimum atomic E-state index is -0.336. The van der Waals surface area contributed by atoms with Crippen LogP contribution in [0.25, 0.3) is 0 Å². The van der Waals surface area contributed by atoms with Crippen molar-refractivity contribution in [3.05, 3.63) is 84.3 Å². The van der Waals surface area contributed by atoms with Gasteiger partial charge in [0.15, 0.2) is 5.82 Å². The Balaban J connectivity index is 1.55. The first-order valence-electron chi connectivity index (χ1n) is 8.79. The van der Waals surface area contributed by atoms with Crippen LogP contribution in [0.3, 0.4) is 0 Å². The normalized spacial score (nSPS) is 13.2. The predicted octanol–water partition coefficient (Wildman–Crippen LogP) is 4.28. The molecule has 2 heterocycles. The van der Waals surface area contributed by atoms with E-state index in [1.807, 2.05) is 30.3 Å². The highest BCUT2D eigenvalue weighted by atomic mass is 19.1. The lowest BCUT2D eigenvalue weighted by molar-refractivity contribution is 0.256. The van der Waals surface area contributed by atoms with Crippen LogP contribution in [0.2, 0.25) is 0 Å². The number of hydrogen-bond donors (Lipinski definition) is 1. The molecule has 4 rings (SSSR count). The molecule has 136 valence electrons. The molecule has 1 aliphatic heterocycles. The van der Waals surface area contributed by atoms with E-state index in [0.29, 0.717) is 18.8 Å². The van der Waals surface area contributed by atoms with Gasteiger partial charge in [-0.3, -0.25) is 4.90 Å². The molecule has 0 bridgehead atoms. The van der Waals surface area contributed by atoms with Gasteiger partial charge in [-0.25, -0.2) is 14.2 Å². The number of benzene rings is 2. The third-order valence-electron chi connectivity index (χ3n) is 4.51. The Labute approximate surface area is 157 Å². The summed E-state index contributed by atoms with van der Waals surface area (Å²) >= 11 is 0. The second-order valence-corrected chi connectivity index (χ2v) is 6.34. The number of halogens is 1. The van der Waals surface area contributed by atoms with Gasteiger partial charge in [-0.2, -0.15) is 0 Å². The number of carbonyl (C=O) groups is 1. The van der Waals surface area contributed by atoms with Crippen LogP contribution in [0.1, 0.15) is 5.56 Å². The molecule has 3 aromatic rings. The molecule has 27 heavy (non-hydrogen) atoms. The van der Waals surface area contributed by atoms with Crippen molar-refractivity contribution in [2.45, 2.75) is 6.54 Å². The Morgan fingerprint density at radius 2 is 1.78 bits per heavy atom. The van der Waals surface area contributed by atoms with Crippen molar-refractivity contribution >= 4 is 23.2 Å². The molecule has 2 aromatic carbocycles. The lowest BCUT2D eigenvalue weighted by atomic mass is 10.2. The number of aromatic nitrogens is 1. The van der Waals surface area contributed by atoms with E-state index in [-0.39, 0.29) is 11.8 Å². The molecule has 0 saturated carbocycles. The number of urea groups is 1. The molecule has 1 N–H and O–H groups in total. The van der Waals surface area contributed by atoms with Gasteiger partial charge in [-0.05, 0) is 42.0 Å². The SMILES string of the molecule is O=C(Nc1ccc(F)cc1)N1CCN(Cc2ccccc2)c2ncccc21. The van der Waals surface area contributed by atoms with E-state index in [1.165, 1.54) is 17.7 Å². The molecule has 0 fully saturated rings. The van der Waals surface area contributed by atoms with Gasteiger partial charge < -0.3 is 10.2 Å². The summed E-state index contributed by atoms with van der Waals surface area (Å²) in [6, 6.07) is 19.4. The largest absolute Gasteiger partial charge is 0.349 e. The van der Waals surface area contributed by atoms with Gasteiger partial charge in [0, 0.05) is 31.5 Å². The number of amides is 2. The number of pyridine rings is 1. The summed E-state index contributed by atoms with van der Waals surface area (Å²) in [5.74, 6) is 0.443. The summed E-state index contributed by atoms with van der Waals surface area (Å²) in [6.45, 7) is 1.95. The van der Waals surface area contributed by atoms with Crippen LogP contribution >= 0.6 is 0 Å². The van der Waals surface area contributed by atoms with Crippen molar-refractivity contribution < 1.29 is 9.18 Å². The maximum atomic E-state index is 13.1. The van der Waals surface area contributed by atoms with Crippen molar-refractivity contribution in [2.75, 3.05) is 28.2 Å². The van der Waals surface area contributed by atoms with Gasteiger partial charge in [0.2, 0.25) is 0 Å². The smallest absolute Gasteiger partial charge is 0.326 e. The van der Waals surface area contributed by atoms with E-state index >= 15 is 0 Å². The summed E-state index contributed by atoms with van der Waals surface area (Å²) < 4.78 is 13.1. The highest BCUT2D eigenvalue weighted by Gasteiger charge is 2.27. The number of nitrogens with one attached hydrogen (secondary N) is 1. The fourth-order valence-corrected chi connectivity index (χ4v) is 3.18. The van der Waals surface area contributed by atoms with Crippen LogP contribution in [0.4, 0.5) is 26.4 Å². The third-order valence-corrected chi connectivity index (χ3v) is 4.51. The number of hydrogen-bond acceptors (Lipinski definition) is 3. The standard InChI is InChI=1S/C21H19FN4O/c22-17-8-10-18(11-9-17)24-21(27)26-14-13-25(15-16-5-2-1-3-6-16)20-19(26)7-4-12-23-20/h1-12H,13-15H2,(H,24,27). The summed E-state index contributed by atoms with van der Waals surface area (Å²) in [4.78, 5) is 21.1. The van der Waals surface area contributed by atoms with Crippen molar-refractivity contribution in [1.82, 2.24) is 4.98 Å². The summed E-state index contributed by atoms with van der Waals surface area (Å²) in [5, 5.41) is 2.82. The molecule has 0 aliphatic carbocycles. The molecule has 0 saturated heterocycles. The van der Waals surface area contributed by atoms with Crippen LogP contribution in [0.5, 0.6) is 0 Å². The van der Waals surface area contributed by atoms with Crippen LogP contribution in [-0.4, -0.2) is 24.1 Å². The van der Waals surface area contributed by atoms with Crippen LogP contribution in [-0.2, 0) is 6.54 Å². The monoisotopic (exact) mass is 362 g/mol. The maximum absolute atomic E-state index is 13.1. The number of nitrogens with zero attached hydrogens (tertiary/aromatic N) is 3. The molecule has 5 nitrogen and oxygen atoms in total. The highest BCUT2D eigenvalue weighted by Crippen LogP contribution is 2.32. The zero-order chi connectivity index (χ0) is 18.6. The number of anilines is 3. The molecule has 0 radical (unpaired) electrons. The zero-order valence-corrected chi connectivity index (χ0v) is 14.7. The predicted molar refractivity (Wildman–Crippen MR) is 104 cm³/mol. The molecule has 0 unspecified atom stereocenters. The highest BCUT2D eigenvalue weighted by molar-refractivity contribution is 6.04. The number of rotatable bonds is 3. The average Bonchev–Trinajstić information content (AvgIpc) is 2.71. The zero-order valence-electron chi connectivity index (χ0n) is 14.7. The maximum Gasteiger partial charge on any atom is 0.326 e. The minimum Gasteiger partial charge on any atom is -0.349 e. The molecular formula is C21H19FN4O. The van der Waals surface area contributed by atoms with E-state index in [1.54, 1.807) is 23.2 Å². The minimum absolute atomic E-state index is 0.254. The van der Waals surface area contributed by atoms with E-state index < -0.39 is 0 Å². The Hall–Kier alpha value is -3.41. The number of carbonyl (C=O) groups excluding carboxylic acids is 1. The van der Waals surface area contributed by atoms with E-state index in [0.717, 1.165) is 18.1 Å². The molecule has 1 aliphatic rings. The van der Waals surface area contributed by atoms with Gasteiger partial charge in [-0.1, -0.05) is 30.3 Å². The second kappa shape index (κ2) is 7.45. The summed E-state index contributed by atoms with van der Waals surface area (Å²) in [7, 11) is 0. The van der Waals surface area contributed by atoms with E-state index in [2.05, 4.69) is 27.3 Å².